The molecule has 0 fully saturated rings. The lowest BCUT2D eigenvalue weighted by atomic mass is 9.95. The number of aliphatic hydroxyl groups is 1. The number of hydrogen-bond acceptors (Lipinski definition) is 5. The van der Waals surface area contributed by atoms with E-state index in [9.17, 15) is 31.5 Å². The van der Waals surface area contributed by atoms with Crippen molar-refractivity contribution in [3.8, 4) is 11.8 Å². The molecule has 3 N–H and O–H groups in total. The number of aryl methyl sites for hydroxylation is 1. The van der Waals surface area contributed by atoms with Gasteiger partial charge in [-0.15, -0.1) is 0 Å². The molecular formula is C28H35F3N2O5S. The van der Waals surface area contributed by atoms with Gasteiger partial charge in [0.2, 0.25) is 10.0 Å². The molecule has 1 atom stereocenters. The quantitative estimate of drug-likeness (QED) is 0.311. The number of carboxylic acids is 1. The fourth-order valence-corrected chi connectivity index (χ4v) is 5.10. The van der Waals surface area contributed by atoms with Gasteiger partial charge in [-0.1, -0.05) is 42.2 Å². The van der Waals surface area contributed by atoms with E-state index in [1.807, 2.05) is 32.0 Å². The van der Waals surface area contributed by atoms with Crippen LogP contribution in [0.15, 0.2) is 53.4 Å². The Balaban J connectivity index is 2.05. The van der Waals surface area contributed by atoms with E-state index in [0.717, 1.165) is 29.6 Å². The van der Waals surface area contributed by atoms with Gasteiger partial charge in [0.05, 0.1) is 23.0 Å². The van der Waals surface area contributed by atoms with Crippen molar-refractivity contribution < 1.29 is 36.6 Å². The van der Waals surface area contributed by atoms with Crippen LogP contribution in [-0.2, 0) is 27.4 Å². The minimum atomic E-state index is -4.82. The van der Waals surface area contributed by atoms with Gasteiger partial charge in [0.25, 0.3) is 0 Å². The largest absolute Gasteiger partial charge is 0.481 e. The summed E-state index contributed by atoms with van der Waals surface area (Å²) in [6.07, 6.45) is -3.71. The van der Waals surface area contributed by atoms with Crippen LogP contribution in [0, 0.1) is 11.8 Å². The first-order valence-corrected chi connectivity index (χ1v) is 13.9. The highest BCUT2D eigenvalue weighted by atomic mass is 32.2. The van der Waals surface area contributed by atoms with Gasteiger partial charge in [-0.2, -0.15) is 17.5 Å². The van der Waals surface area contributed by atoms with Gasteiger partial charge in [-0.05, 0) is 56.9 Å². The van der Waals surface area contributed by atoms with E-state index < -0.39 is 38.7 Å². The molecule has 0 bridgehead atoms. The second-order valence-electron chi connectivity index (χ2n) is 9.98. The summed E-state index contributed by atoms with van der Waals surface area (Å²) in [7, 11) is -3.22. The zero-order valence-electron chi connectivity index (χ0n) is 22.3. The van der Waals surface area contributed by atoms with Gasteiger partial charge in [0.15, 0.2) is 0 Å². The summed E-state index contributed by atoms with van der Waals surface area (Å²) in [4.78, 5) is 10.00. The summed E-state index contributed by atoms with van der Waals surface area (Å²) in [6.45, 7) is 3.70. The number of likely N-dealkylation sites (N-methyl/N-ethyl adjacent to an activating group) is 1. The SMILES string of the molecule is CN(C[C@H](O)CNC(C)(C)CCCc1ccccc1)S(=O)(=O)c1cc(C#CCCC(=O)O)cc(C(F)(F)F)c1. The fraction of sp³-hybridized carbons (Fsp3) is 0.464. The molecule has 2 aromatic rings. The number of hydrogen-bond donors (Lipinski definition) is 3. The maximum atomic E-state index is 13.5. The van der Waals surface area contributed by atoms with Crippen molar-refractivity contribution in [2.75, 3.05) is 20.1 Å². The first-order chi connectivity index (χ1) is 18.1. The maximum Gasteiger partial charge on any atom is 0.416 e. The highest BCUT2D eigenvalue weighted by molar-refractivity contribution is 7.89. The molecule has 0 unspecified atom stereocenters. The Morgan fingerprint density at radius 3 is 2.41 bits per heavy atom. The molecule has 2 rings (SSSR count). The van der Waals surface area contributed by atoms with Crippen LogP contribution in [0.4, 0.5) is 13.2 Å². The summed E-state index contributed by atoms with van der Waals surface area (Å²) in [5.41, 5.74) is -0.507. The maximum absolute atomic E-state index is 13.5. The van der Waals surface area contributed by atoms with Crippen molar-refractivity contribution in [1.29, 1.82) is 0 Å². The van der Waals surface area contributed by atoms with Crippen LogP contribution in [-0.4, -0.2) is 60.7 Å². The molecule has 0 saturated carbocycles. The lowest BCUT2D eigenvalue weighted by Crippen LogP contribution is -2.46. The van der Waals surface area contributed by atoms with Crippen molar-refractivity contribution >= 4 is 16.0 Å². The molecule has 0 saturated heterocycles. The van der Waals surface area contributed by atoms with Crippen LogP contribution in [0.3, 0.4) is 0 Å². The van der Waals surface area contributed by atoms with Gasteiger partial charge in [-0.3, -0.25) is 4.79 Å². The number of nitrogens with zero attached hydrogens (tertiary/aromatic N) is 1. The predicted molar refractivity (Wildman–Crippen MR) is 142 cm³/mol. The molecule has 2 aromatic carbocycles. The van der Waals surface area contributed by atoms with Crippen LogP contribution < -0.4 is 5.32 Å². The Hall–Kier alpha value is -2.91. The molecule has 0 heterocycles. The van der Waals surface area contributed by atoms with Crippen molar-refractivity contribution in [3.63, 3.8) is 0 Å². The van der Waals surface area contributed by atoms with Crippen LogP contribution in [0.1, 0.15) is 56.2 Å². The summed E-state index contributed by atoms with van der Waals surface area (Å²) >= 11 is 0. The van der Waals surface area contributed by atoms with Crippen molar-refractivity contribution in [2.45, 2.75) is 68.7 Å². The van der Waals surface area contributed by atoms with Crippen LogP contribution in [0.2, 0.25) is 0 Å². The standard InChI is InChI=1S/C28H35F3N2O5S/c1-27(2,15-9-13-21-10-5-4-6-11-21)32-19-24(34)20-33(3)39(37,38)25-17-22(12-7-8-14-26(35)36)16-23(18-25)28(29,30)31/h4-6,10-11,16-18,24,32,34H,8-9,13-15,19-20H2,1-3H3,(H,35,36)/t24-/m1/s1. The molecule has 0 amide bonds. The van der Waals surface area contributed by atoms with Crippen LogP contribution in [0.5, 0.6) is 0 Å². The zero-order chi connectivity index (χ0) is 29.3. The Morgan fingerprint density at radius 2 is 1.79 bits per heavy atom. The number of aliphatic hydroxyl groups excluding tert-OH is 1. The van der Waals surface area contributed by atoms with E-state index in [4.69, 9.17) is 5.11 Å². The zero-order valence-corrected chi connectivity index (χ0v) is 23.1. The summed E-state index contributed by atoms with van der Waals surface area (Å²) in [5, 5.41) is 22.4. The molecule has 0 aromatic heterocycles. The smallest absolute Gasteiger partial charge is 0.416 e. The number of sulfonamides is 1. The van der Waals surface area contributed by atoms with Crippen molar-refractivity contribution in [2.24, 2.45) is 0 Å². The number of β-amino-alcohol motifs (C(OH)–C–C–N with tert-alkyl or cyclic N) is 1. The first kappa shape index (κ1) is 32.3. The minimum Gasteiger partial charge on any atom is -0.481 e. The molecule has 0 spiro atoms. The summed E-state index contributed by atoms with van der Waals surface area (Å²) in [5.74, 6) is 3.76. The average Bonchev–Trinajstić information content (AvgIpc) is 2.85. The van der Waals surface area contributed by atoms with E-state index in [1.165, 1.54) is 12.6 Å². The topological polar surface area (TPSA) is 107 Å². The molecule has 7 nitrogen and oxygen atoms in total. The predicted octanol–water partition coefficient (Wildman–Crippen LogP) is 4.29. The molecular weight excluding hydrogens is 533 g/mol. The highest BCUT2D eigenvalue weighted by Crippen LogP contribution is 2.32. The lowest BCUT2D eigenvalue weighted by Gasteiger charge is -2.29. The molecule has 0 aliphatic rings. The molecule has 11 heteroatoms. The third-order valence-electron chi connectivity index (χ3n) is 6.03. The second kappa shape index (κ2) is 13.9. The third-order valence-corrected chi connectivity index (χ3v) is 7.83. The normalized spacial score (nSPS) is 13.1. The number of alkyl halides is 3. The van der Waals surface area contributed by atoms with Gasteiger partial charge >= 0.3 is 12.1 Å². The number of halogens is 3. The van der Waals surface area contributed by atoms with E-state index in [2.05, 4.69) is 29.3 Å². The van der Waals surface area contributed by atoms with E-state index in [-0.39, 0.29) is 37.0 Å². The van der Waals surface area contributed by atoms with E-state index in [1.54, 1.807) is 0 Å². The van der Waals surface area contributed by atoms with Crippen LogP contribution in [0.25, 0.3) is 0 Å². The number of carbonyl (C=O) groups is 1. The van der Waals surface area contributed by atoms with Gasteiger partial charge in [0, 0.05) is 37.7 Å². The Labute approximate surface area is 228 Å². The first-order valence-electron chi connectivity index (χ1n) is 12.5. The minimum absolute atomic E-state index is 0.0844. The monoisotopic (exact) mass is 568 g/mol. The summed E-state index contributed by atoms with van der Waals surface area (Å²) < 4.78 is 67.4. The fourth-order valence-electron chi connectivity index (χ4n) is 3.82. The number of aliphatic carboxylic acids is 1. The van der Waals surface area contributed by atoms with E-state index in [0.29, 0.717) is 12.1 Å². The molecule has 0 aliphatic heterocycles. The molecule has 39 heavy (non-hydrogen) atoms. The van der Waals surface area contributed by atoms with Crippen LogP contribution >= 0.6 is 0 Å². The Kier molecular flexibility index (Phi) is 11.5. The number of benzene rings is 2. The molecule has 0 aliphatic carbocycles. The van der Waals surface area contributed by atoms with E-state index >= 15 is 0 Å². The van der Waals surface area contributed by atoms with Gasteiger partial charge in [-0.25, -0.2) is 8.42 Å². The highest BCUT2D eigenvalue weighted by Gasteiger charge is 2.33. The second-order valence-corrected chi connectivity index (χ2v) is 12.0. The van der Waals surface area contributed by atoms with Crippen molar-refractivity contribution in [1.82, 2.24) is 9.62 Å². The Bertz CT molecular complexity index is 1270. The summed E-state index contributed by atoms with van der Waals surface area (Å²) in [6, 6.07) is 12.3. The van der Waals surface area contributed by atoms with Crippen molar-refractivity contribution in [3.05, 3.63) is 65.2 Å². The molecule has 214 valence electrons. The number of rotatable bonds is 13. The van der Waals surface area contributed by atoms with Gasteiger partial charge < -0.3 is 15.5 Å². The third kappa shape index (κ3) is 11.0. The lowest BCUT2D eigenvalue weighted by molar-refractivity contribution is -0.138. The molecule has 0 radical (unpaired) electrons. The average molecular weight is 569 g/mol. The number of carboxylic acid groups (broad SMARTS) is 1. The number of nitrogens with one attached hydrogen (secondary N) is 1. The van der Waals surface area contributed by atoms with Gasteiger partial charge in [0.1, 0.15) is 0 Å². The Morgan fingerprint density at radius 1 is 1.13 bits per heavy atom.